The molecule has 5 heteroatoms. The van der Waals surface area contributed by atoms with Crippen molar-refractivity contribution >= 4 is 23.1 Å². The van der Waals surface area contributed by atoms with Gasteiger partial charge in [0.25, 0.3) is 0 Å². The number of para-hydroxylation sites is 1. The van der Waals surface area contributed by atoms with E-state index in [1.54, 1.807) is 0 Å². The fourth-order valence-electron chi connectivity index (χ4n) is 3.54. The number of hydrogen-bond donors (Lipinski definition) is 3. The SMILES string of the molecule is C=CCC(CNC=O)c1[nH]c(-c2cccc3ccc(NCC(=C)C)nc23)cc1C. The van der Waals surface area contributed by atoms with E-state index in [4.69, 9.17) is 4.98 Å². The maximum Gasteiger partial charge on any atom is 0.207 e. The summed E-state index contributed by atoms with van der Waals surface area (Å²) in [6, 6.07) is 12.4. The molecule has 2 aromatic heterocycles. The summed E-state index contributed by atoms with van der Waals surface area (Å²) in [5.41, 5.74) is 6.35. The summed E-state index contributed by atoms with van der Waals surface area (Å²) >= 11 is 0. The number of benzene rings is 1. The van der Waals surface area contributed by atoms with Gasteiger partial charge in [0.15, 0.2) is 0 Å². The highest BCUT2D eigenvalue weighted by molar-refractivity contribution is 5.93. The van der Waals surface area contributed by atoms with Crippen LogP contribution in [0.3, 0.4) is 0 Å². The Bertz CT molecular complexity index is 1030. The van der Waals surface area contributed by atoms with Gasteiger partial charge in [0.1, 0.15) is 5.82 Å². The molecule has 0 aliphatic rings. The number of aromatic amines is 1. The van der Waals surface area contributed by atoms with Crippen molar-refractivity contribution in [1.82, 2.24) is 15.3 Å². The number of rotatable bonds is 10. The molecule has 0 saturated carbocycles. The van der Waals surface area contributed by atoms with Gasteiger partial charge in [-0.15, -0.1) is 6.58 Å². The number of H-pyrrole nitrogens is 1. The Morgan fingerprint density at radius 1 is 1.31 bits per heavy atom. The lowest BCUT2D eigenvalue weighted by atomic mass is 9.99. The first kappa shape index (κ1) is 20.4. The number of carbonyl (C=O) groups excluding carboxylic acids is 1. The van der Waals surface area contributed by atoms with Crippen LogP contribution in [0.1, 0.15) is 30.5 Å². The lowest BCUT2D eigenvalue weighted by molar-refractivity contribution is -0.109. The molecule has 0 radical (unpaired) electrons. The molecule has 0 saturated heterocycles. The van der Waals surface area contributed by atoms with Gasteiger partial charge in [0, 0.05) is 41.3 Å². The van der Waals surface area contributed by atoms with Crippen LogP contribution in [0.15, 0.2) is 61.2 Å². The Morgan fingerprint density at radius 2 is 2.14 bits per heavy atom. The van der Waals surface area contributed by atoms with Crippen LogP contribution in [0.5, 0.6) is 0 Å². The van der Waals surface area contributed by atoms with Gasteiger partial charge in [-0.3, -0.25) is 4.79 Å². The molecule has 2 heterocycles. The van der Waals surface area contributed by atoms with Crippen LogP contribution in [-0.4, -0.2) is 29.5 Å². The molecular weight excluding hydrogens is 360 g/mol. The van der Waals surface area contributed by atoms with E-state index < -0.39 is 0 Å². The first-order valence-electron chi connectivity index (χ1n) is 9.79. The quantitative estimate of drug-likeness (QED) is 0.341. The Hall–Kier alpha value is -3.34. The van der Waals surface area contributed by atoms with Crippen molar-refractivity contribution in [3.8, 4) is 11.3 Å². The third kappa shape index (κ3) is 4.74. The molecule has 1 aromatic carbocycles. The van der Waals surface area contributed by atoms with Gasteiger partial charge in [-0.25, -0.2) is 4.98 Å². The summed E-state index contributed by atoms with van der Waals surface area (Å²) in [5, 5.41) is 7.19. The topological polar surface area (TPSA) is 69.8 Å². The molecule has 0 aliphatic carbocycles. The number of allylic oxidation sites excluding steroid dienone is 1. The number of aryl methyl sites for hydroxylation is 1. The lowest BCUT2D eigenvalue weighted by Gasteiger charge is -2.14. The minimum absolute atomic E-state index is 0.155. The van der Waals surface area contributed by atoms with Gasteiger partial charge in [-0.2, -0.15) is 0 Å². The third-order valence-electron chi connectivity index (χ3n) is 4.94. The first-order chi connectivity index (χ1) is 14.0. The average molecular weight is 389 g/mol. The van der Waals surface area contributed by atoms with Gasteiger partial charge in [0.05, 0.1) is 5.52 Å². The van der Waals surface area contributed by atoms with E-state index in [2.05, 4.69) is 60.0 Å². The number of carbonyl (C=O) groups is 1. The van der Waals surface area contributed by atoms with Crippen molar-refractivity contribution in [3.05, 3.63) is 72.5 Å². The summed E-state index contributed by atoms with van der Waals surface area (Å²) in [6.07, 6.45) is 3.41. The summed E-state index contributed by atoms with van der Waals surface area (Å²) in [5.74, 6) is 0.985. The second kappa shape index (κ2) is 9.24. The van der Waals surface area contributed by atoms with Gasteiger partial charge >= 0.3 is 0 Å². The maximum atomic E-state index is 10.8. The number of amides is 1. The minimum Gasteiger partial charge on any atom is -0.366 e. The molecule has 3 rings (SSSR count). The number of nitrogens with one attached hydrogen (secondary N) is 3. The molecule has 5 nitrogen and oxygen atoms in total. The van der Waals surface area contributed by atoms with Crippen molar-refractivity contribution in [1.29, 1.82) is 0 Å². The molecular formula is C24H28N4O. The second-order valence-corrected chi connectivity index (χ2v) is 7.41. The van der Waals surface area contributed by atoms with Crippen LogP contribution < -0.4 is 10.6 Å². The zero-order chi connectivity index (χ0) is 20.8. The van der Waals surface area contributed by atoms with Crippen molar-refractivity contribution in [2.24, 2.45) is 0 Å². The average Bonchev–Trinajstić information content (AvgIpc) is 3.10. The summed E-state index contributed by atoms with van der Waals surface area (Å²) in [7, 11) is 0. The predicted molar refractivity (Wildman–Crippen MR) is 121 cm³/mol. The van der Waals surface area contributed by atoms with Crippen LogP contribution in [0.4, 0.5) is 5.82 Å². The Morgan fingerprint density at radius 3 is 2.86 bits per heavy atom. The van der Waals surface area contributed by atoms with Gasteiger partial charge in [-0.05, 0) is 44.0 Å². The smallest absolute Gasteiger partial charge is 0.207 e. The van der Waals surface area contributed by atoms with E-state index in [1.165, 1.54) is 0 Å². The van der Waals surface area contributed by atoms with Crippen LogP contribution in [0, 0.1) is 6.92 Å². The third-order valence-corrected chi connectivity index (χ3v) is 4.94. The Balaban J connectivity index is 2.01. The van der Waals surface area contributed by atoms with E-state index >= 15 is 0 Å². The molecule has 3 N–H and O–H groups in total. The van der Waals surface area contributed by atoms with Crippen LogP contribution >= 0.6 is 0 Å². The highest BCUT2D eigenvalue weighted by Gasteiger charge is 2.17. The molecule has 150 valence electrons. The van der Waals surface area contributed by atoms with Crippen molar-refractivity contribution in [2.75, 3.05) is 18.4 Å². The molecule has 0 fully saturated rings. The number of anilines is 1. The monoisotopic (exact) mass is 388 g/mol. The van der Waals surface area contributed by atoms with E-state index in [-0.39, 0.29) is 5.92 Å². The van der Waals surface area contributed by atoms with Crippen LogP contribution in [0.25, 0.3) is 22.2 Å². The number of aromatic nitrogens is 2. The van der Waals surface area contributed by atoms with E-state index in [1.807, 2.05) is 25.1 Å². The molecule has 0 spiro atoms. The van der Waals surface area contributed by atoms with Gasteiger partial charge < -0.3 is 15.6 Å². The van der Waals surface area contributed by atoms with Crippen molar-refractivity contribution in [2.45, 2.75) is 26.2 Å². The molecule has 29 heavy (non-hydrogen) atoms. The number of pyridine rings is 1. The predicted octanol–water partition coefficient (Wildman–Crippen LogP) is 4.93. The zero-order valence-corrected chi connectivity index (χ0v) is 17.1. The number of fused-ring (bicyclic) bond motifs is 1. The highest BCUT2D eigenvalue weighted by Crippen LogP contribution is 2.32. The highest BCUT2D eigenvalue weighted by atomic mass is 16.1. The summed E-state index contributed by atoms with van der Waals surface area (Å²) < 4.78 is 0. The maximum absolute atomic E-state index is 10.8. The largest absolute Gasteiger partial charge is 0.366 e. The second-order valence-electron chi connectivity index (χ2n) is 7.41. The zero-order valence-electron chi connectivity index (χ0n) is 17.1. The van der Waals surface area contributed by atoms with E-state index in [9.17, 15) is 4.79 Å². The van der Waals surface area contributed by atoms with Crippen LogP contribution in [-0.2, 0) is 4.79 Å². The fraction of sp³-hybridized carbons (Fsp3) is 0.250. The first-order valence-corrected chi connectivity index (χ1v) is 9.79. The molecule has 3 aromatic rings. The summed E-state index contributed by atoms with van der Waals surface area (Å²) in [6.45, 7) is 13.1. The Kier molecular flexibility index (Phi) is 6.50. The molecule has 0 aliphatic heterocycles. The molecule has 1 amide bonds. The van der Waals surface area contributed by atoms with Crippen LogP contribution in [0.2, 0.25) is 0 Å². The molecule has 1 unspecified atom stereocenters. The standard InChI is InChI=1S/C24H28N4O/c1-5-7-19(14-25-15-29)23-17(4)12-21(27-23)20-9-6-8-18-10-11-22(28-24(18)20)26-13-16(2)3/h5-6,8-12,15,19,27H,1-2,7,13-14H2,3-4H3,(H,25,29)(H,26,28). The van der Waals surface area contributed by atoms with E-state index in [0.717, 1.165) is 57.6 Å². The molecule has 0 bridgehead atoms. The van der Waals surface area contributed by atoms with Gasteiger partial charge in [0.2, 0.25) is 6.41 Å². The fourth-order valence-corrected chi connectivity index (χ4v) is 3.54. The Labute approximate surface area is 171 Å². The lowest BCUT2D eigenvalue weighted by Crippen LogP contribution is -2.20. The normalized spacial score (nSPS) is 11.8. The van der Waals surface area contributed by atoms with E-state index in [0.29, 0.717) is 13.1 Å². The van der Waals surface area contributed by atoms with Crippen molar-refractivity contribution in [3.63, 3.8) is 0 Å². The van der Waals surface area contributed by atoms with Gasteiger partial charge in [-0.1, -0.05) is 36.4 Å². The molecule has 1 atom stereocenters. The summed E-state index contributed by atoms with van der Waals surface area (Å²) in [4.78, 5) is 19.2. The number of hydrogen-bond acceptors (Lipinski definition) is 3. The van der Waals surface area contributed by atoms with Crippen molar-refractivity contribution < 1.29 is 4.79 Å². The minimum atomic E-state index is 0.155. The number of nitrogens with zero attached hydrogens (tertiary/aromatic N) is 1.